The predicted molar refractivity (Wildman–Crippen MR) is 105 cm³/mol. The highest BCUT2D eigenvalue weighted by Crippen LogP contribution is 2.36. The zero-order valence-corrected chi connectivity index (χ0v) is 15.5. The molecule has 1 aromatic carbocycles. The number of ether oxygens (including phenoxy) is 1. The fourth-order valence-electron chi connectivity index (χ4n) is 3.92. The minimum atomic E-state index is -0.239. The van der Waals surface area contributed by atoms with Crippen LogP contribution < -0.4 is 10.2 Å². The molecule has 0 aliphatic carbocycles. The number of amides is 1. The number of nitrogens with zero attached hydrogens (tertiary/aromatic N) is 3. The molecule has 1 aromatic heterocycles. The van der Waals surface area contributed by atoms with E-state index in [0.717, 1.165) is 62.5 Å². The average Bonchev–Trinajstić information content (AvgIpc) is 3.23. The van der Waals surface area contributed by atoms with Gasteiger partial charge in [0.2, 0.25) is 0 Å². The van der Waals surface area contributed by atoms with E-state index in [9.17, 15) is 4.79 Å². The third kappa shape index (κ3) is 4.06. The number of hydrogen-bond acceptors (Lipinski definition) is 5. The summed E-state index contributed by atoms with van der Waals surface area (Å²) < 4.78 is 5.59. The summed E-state index contributed by atoms with van der Waals surface area (Å²) >= 11 is 0. The summed E-state index contributed by atoms with van der Waals surface area (Å²) in [5.74, 6) is 1.01. The Kier molecular flexibility index (Phi) is 5.53. The third-order valence-electron chi connectivity index (χ3n) is 5.28. The molecule has 2 saturated heterocycles. The molecule has 6 nitrogen and oxygen atoms in total. The normalized spacial score (nSPS) is 19.9. The molecule has 1 amide bonds. The molecular weight excluding hydrogens is 340 g/mol. The molecule has 0 radical (unpaired) electrons. The Labute approximate surface area is 160 Å². The Hall–Kier alpha value is -2.60. The second-order valence-electron chi connectivity index (χ2n) is 7.04. The van der Waals surface area contributed by atoms with E-state index in [1.165, 1.54) is 0 Å². The Bertz CT molecular complexity index is 762. The first-order chi connectivity index (χ1) is 13.3. The van der Waals surface area contributed by atoms with Gasteiger partial charge in [-0.05, 0) is 24.5 Å². The van der Waals surface area contributed by atoms with Gasteiger partial charge >= 0.3 is 6.09 Å². The number of nitrogens with one attached hydrogen (secondary N) is 1. The van der Waals surface area contributed by atoms with Gasteiger partial charge in [-0.1, -0.05) is 36.4 Å². The van der Waals surface area contributed by atoms with Crippen LogP contribution in [0.4, 0.5) is 10.6 Å². The van der Waals surface area contributed by atoms with Gasteiger partial charge in [-0.3, -0.25) is 0 Å². The molecule has 1 N–H and O–H groups in total. The van der Waals surface area contributed by atoms with Crippen molar-refractivity contribution in [2.75, 3.05) is 37.6 Å². The first kappa shape index (κ1) is 17.8. The van der Waals surface area contributed by atoms with Gasteiger partial charge in [0.25, 0.3) is 0 Å². The summed E-state index contributed by atoms with van der Waals surface area (Å²) in [6.07, 6.45) is 3.54. The predicted octanol–water partition coefficient (Wildman–Crippen LogP) is 2.96. The summed E-state index contributed by atoms with van der Waals surface area (Å²) in [6.45, 7) is 4.84. The molecule has 2 aliphatic rings. The maximum Gasteiger partial charge on any atom is 0.410 e. The van der Waals surface area contributed by atoms with Crippen molar-refractivity contribution in [2.45, 2.75) is 25.5 Å². The minimum Gasteiger partial charge on any atom is -0.445 e. The Morgan fingerprint density at radius 2 is 1.93 bits per heavy atom. The topological polar surface area (TPSA) is 57.7 Å². The molecule has 2 aliphatic heterocycles. The molecule has 4 rings (SSSR count). The molecule has 1 atom stereocenters. The molecule has 0 saturated carbocycles. The fraction of sp³-hybridized carbons (Fsp3) is 0.429. The molecule has 0 spiro atoms. The number of benzene rings is 1. The molecule has 2 aromatic rings. The van der Waals surface area contributed by atoms with Crippen LogP contribution >= 0.6 is 0 Å². The van der Waals surface area contributed by atoms with Crippen LogP contribution in [-0.2, 0) is 11.3 Å². The van der Waals surface area contributed by atoms with E-state index in [-0.39, 0.29) is 12.1 Å². The van der Waals surface area contributed by atoms with E-state index < -0.39 is 0 Å². The minimum absolute atomic E-state index is 0.0341. The van der Waals surface area contributed by atoms with Gasteiger partial charge in [-0.15, -0.1) is 0 Å². The van der Waals surface area contributed by atoms with Gasteiger partial charge in [-0.25, -0.2) is 9.78 Å². The van der Waals surface area contributed by atoms with Gasteiger partial charge in [-0.2, -0.15) is 0 Å². The molecule has 3 heterocycles. The second-order valence-corrected chi connectivity index (χ2v) is 7.04. The summed E-state index contributed by atoms with van der Waals surface area (Å²) in [5, 5.41) is 3.38. The van der Waals surface area contributed by atoms with E-state index in [2.05, 4.69) is 21.3 Å². The van der Waals surface area contributed by atoms with E-state index in [1.54, 1.807) is 0 Å². The third-order valence-corrected chi connectivity index (χ3v) is 5.28. The number of hydrogen-bond donors (Lipinski definition) is 1. The summed E-state index contributed by atoms with van der Waals surface area (Å²) in [5.41, 5.74) is 2.14. The smallest absolute Gasteiger partial charge is 0.410 e. The van der Waals surface area contributed by atoms with Gasteiger partial charge < -0.3 is 19.9 Å². The Morgan fingerprint density at radius 3 is 2.74 bits per heavy atom. The molecule has 6 heteroatoms. The molecule has 0 bridgehead atoms. The van der Waals surface area contributed by atoms with Crippen LogP contribution in [0.25, 0.3) is 0 Å². The number of aromatic nitrogens is 1. The quantitative estimate of drug-likeness (QED) is 0.902. The van der Waals surface area contributed by atoms with Crippen LogP contribution in [-0.4, -0.2) is 48.7 Å². The number of pyridine rings is 1. The lowest BCUT2D eigenvalue weighted by atomic mass is 10.0. The van der Waals surface area contributed by atoms with E-state index in [4.69, 9.17) is 4.74 Å². The van der Waals surface area contributed by atoms with E-state index >= 15 is 0 Å². The average molecular weight is 366 g/mol. The number of likely N-dealkylation sites (tertiary alicyclic amines) is 1. The maximum atomic E-state index is 12.7. The monoisotopic (exact) mass is 366 g/mol. The van der Waals surface area contributed by atoms with Crippen molar-refractivity contribution in [2.24, 2.45) is 0 Å². The van der Waals surface area contributed by atoms with Crippen molar-refractivity contribution in [3.63, 3.8) is 0 Å². The van der Waals surface area contributed by atoms with Gasteiger partial charge in [0.1, 0.15) is 12.4 Å². The number of rotatable bonds is 4. The largest absolute Gasteiger partial charge is 0.445 e. The van der Waals surface area contributed by atoms with Crippen LogP contribution in [0.15, 0.2) is 48.7 Å². The molecule has 2 fully saturated rings. The lowest BCUT2D eigenvalue weighted by molar-refractivity contribution is 0.0921. The van der Waals surface area contributed by atoms with Crippen molar-refractivity contribution >= 4 is 11.9 Å². The van der Waals surface area contributed by atoms with Gasteiger partial charge in [0.15, 0.2) is 0 Å². The number of piperazine rings is 1. The summed E-state index contributed by atoms with van der Waals surface area (Å²) in [7, 11) is 0. The lowest BCUT2D eigenvalue weighted by Crippen LogP contribution is -2.44. The highest BCUT2D eigenvalue weighted by molar-refractivity contribution is 5.69. The van der Waals surface area contributed by atoms with E-state index in [1.807, 2.05) is 47.5 Å². The van der Waals surface area contributed by atoms with Gasteiger partial charge in [0.05, 0.1) is 6.04 Å². The van der Waals surface area contributed by atoms with Crippen LogP contribution in [0, 0.1) is 0 Å². The lowest BCUT2D eigenvalue weighted by Gasteiger charge is -2.32. The van der Waals surface area contributed by atoms with Crippen molar-refractivity contribution in [3.8, 4) is 0 Å². The van der Waals surface area contributed by atoms with E-state index in [0.29, 0.717) is 6.61 Å². The van der Waals surface area contributed by atoms with Gasteiger partial charge in [0, 0.05) is 44.5 Å². The zero-order valence-electron chi connectivity index (χ0n) is 15.5. The molecule has 142 valence electrons. The van der Waals surface area contributed by atoms with Crippen LogP contribution in [0.2, 0.25) is 0 Å². The number of anilines is 1. The highest BCUT2D eigenvalue weighted by Gasteiger charge is 2.34. The van der Waals surface area contributed by atoms with Crippen molar-refractivity contribution in [3.05, 3.63) is 59.8 Å². The van der Waals surface area contributed by atoms with Crippen molar-refractivity contribution in [1.29, 1.82) is 0 Å². The SMILES string of the molecule is O=C(OCc1ccccc1)N1CCCC1c1cccnc1N1CCNCC1. The highest BCUT2D eigenvalue weighted by atomic mass is 16.6. The van der Waals surface area contributed by atoms with Crippen LogP contribution in [0.5, 0.6) is 0 Å². The zero-order chi connectivity index (χ0) is 18.5. The fourth-order valence-corrected chi connectivity index (χ4v) is 3.92. The van der Waals surface area contributed by atoms with Crippen LogP contribution in [0.3, 0.4) is 0 Å². The summed E-state index contributed by atoms with van der Waals surface area (Å²) in [4.78, 5) is 21.6. The number of carbonyl (C=O) groups excluding carboxylic acids is 1. The second kappa shape index (κ2) is 8.39. The Morgan fingerprint density at radius 1 is 1.11 bits per heavy atom. The summed E-state index contributed by atoms with van der Waals surface area (Å²) in [6, 6.07) is 13.9. The molecule has 27 heavy (non-hydrogen) atoms. The van der Waals surface area contributed by atoms with Crippen LogP contribution in [0.1, 0.15) is 30.0 Å². The molecular formula is C21H26N4O2. The maximum absolute atomic E-state index is 12.7. The van der Waals surface area contributed by atoms with Crippen molar-refractivity contribution in [1.82, 2.24) is 15.2 Å². The standard InChI is InChI=1S/C21H26N4O2/c26-21(27-16-17-6-2-1-3-7-17)25-13-5-9-19(25)18-8-4-10-23-20(18)24-14-11-22-12-15-24/h1-4,6-8,10,19,22H,5,9,11-16H2. The molecule has 1 unspecified atom stereocenters. The first-order valence-electron chi connectivity index (χ1n) is 9.71. The van der Waals surface area contributed by atoms with Crippen molar-refractivity contribution < 1.29 is 9.53 Å². The number of carbonyl (C=O) groups is 1. The first-order valence-corrected chi connectivity index (χ1v) is 9.71. The Balaban J connectivity index is 1.49.